The van der Waals surface area contributed by atoms with E-state index in [-0.39, 0.29) is 24.8 Å². The zero-order valence-electron chi connectivity index (χ0n) is 17.0. The van der Waals surface area contributed by atoms with Crippen molar-refractivity contribution >= 4 is 34.9 Å². The van der Waals surface area contributed by atoms with Crippen molar-refractivity contribution in [3.8, 4) is 16.9 Å². The third-order valence-corrected chi connectivity index (χ3v) is 5.20. The van der Waals surface area contributed by atoms with Crippen LogP contribution in [0.15, 0.2) is 48.5 Å². The maximum absolute atomic E-state index is 12.7. The molecule has 1 aromatic heterocycles. The standard InChI is InChI=1S/C22H21ClN4O4/c1-30-12-17-20(13-6-8-16(31-2)9-7-13)21-25-22(29)18(27(21)26-17)11-19(28)24-15-5-3-4-14(23)10-15/h3-10,18H,11-12H2,1-2H3,(H,24,28)(H,25,29). The Kier molecular flexibility index (Phi) is 5.92. The van der Waals surface area contributed by atoms with Gasteiger partial charge in [-0.05, 0) is 35.9 Å². The molecule has 4 rings (SSSR count). The first-order valence-electron chi connectivity index (χ1n) is 9.61. The van der Waals surface area contributed by atoms with Crippen molar-refractivity contribution in [2.75, 3.05) is 24.9 Å². The van der Waals surface area contributed by atoms with Gasteiger partial charge >= 0.3 is 0 Å². The largest absolute Gasteiger partial charge is 0.497 e. The molecule has 1 unspecified atom stereocenters. The maximum atomic E-state index is 12.7. The second kappa shape index (κ2) is 8.79. The van der Waals surface area contributed by atoms with Gasteiger partial charge in [0.05, 0.1) is 25.8 Å². The number of hydrogen-bond donors (Lipinski definition) is 2. The molecule has 1 aliphatic heterocycles. The Bertz CT molecular complexity index is 1130. The molecule has 0 bridgehead atoms. The van der Waals surface area contributed by atoms with Crippen molar-refractivity contribution in [3.63, 3.8) is 0 Å². The maximum Gasteiger partial charge on any atom is 0.251 e. The predicted octanol–water partition coefficient (Wildman–Crippen LogP) is 3.88. The number of aromatic nitrogens is 2. The molecule has 3 aromatic rings. The smallest absolute Gasteiger partial charge is 0.251 e. The van der Waals surface area contributed by atoms with Crippen LogP contribution < -0.4 is 15.4 Å². The molecule has 0 saturated carbocycles. The molecule has 2 amide bonds. The summed E-state index contributed by atoms with van der Waals surface area (Å²) in [6.07, 6.45) is -0.0680. The minimum Gasteiger partial charge on any atom is -0.497 e. The molecule has 160 valence electrons. The summed E-state index contributed by atoms with van der Waals surface area (Å²) in [5.74, 6) is 0.663. The number of anilines is 2. The summed E-state index contributed by atoms with van der Waals surface area (Å²) in [7, 11) is 3.18. The number of rotatable bonds is 7. The Hall–Kier alpha value is -3.36. The summed E-state index contributed by atoms with van der Waals surface area (Å²) in [6.45, 7) is 0.263. The Morgan fingerprint density at radius 1 is 1.23 bits per heavy atom. The van der Waals surface area contributed by atoms with E-state index in [4.69, 9.17) is 21.1 Å². The lowest BCUT2D eigenvalue weighted by Crippen LogP contribution is -2.24. The number of fused-ring (bicyclic) bond motifs is 1. The van der Waals surface area contributed by atoms with Crippen LogP contribution in [0.1, 0.15) is 18.2 Å². The van der Waals surface area contributed by atoms with Gasteiger partial charge in [0.25, 0.3) is 5.91 Å². The lowest BCUT2D eigenvalue weighted by atomic mass is 10.1. The number of carbonyl (C=O) groups is 2. The van der Waals surface area contributed by atoms with Gasteiger partial charge < -0.3 is 20.1 Å². The van der Waals surface area contributed by atoms with Gasteiger partial charge in [0.2, 0.25) is 5.91 Å². The van der Waals surface area contributed by atoms with E-state index >= 15 is 0 Å². The van der Waals surface area contributed by atoms with Gasteiger partial charge in [0.1, 0.15) is 17.6 Å². The van der Waals surface area contributed by atoms with Crippen LogP contribution in [0.25, 0.3) is 11.1 Å². The Morgan fingerprint density at radius 2 is 2.00 bits per heavy atom. The van der Waals surface area contributed by atoms with Crippen LogP contribution in [-0.4, -0.2) is 35.8 Å². The number of ether oxygens (including phenoxy) is 2. The van der Waals surface area contributed by atoms with Crippen LogP contribution in [0.4, 0.5) is 11.5 Å². The number of carbonyl (C=O) groups excluding carboxylic acids is 2. The fraction of sp³-hybridized carbons (Fsp3) is 0.227. The zero-order valence-corrected chi connectivity index (χ0v) is 17.8. The highest BCUT2D eigenvalue weighted by Gasteiger charge is 2.37. The molecule has 9 heteroatoms. The van der Waals surface area contributed by atoms with Crippen LogP contribution >= 0.6 is 11.6 Å². The fourth-order valence-corrected chi connectivity index (χ4v) is 3.76. The Balaban J connectivity index is 1.62. The molecule has 0 spiro atoms. The topological polar surface area (TPSA) is 94.5 Å². The average molecular weight is 441 g/mol. The number of nitrogens with one attached hydrogen (secondary N) is 2. The van der Waals surface area contributed by atoms with E-state index in [1.54, 1.807) is 43.2 Å². The van der Waals surface area contributed by atoms with E-state index < -0.39 is 6.04 Å². The molecule has 0 fully saturated rings. The third-order valence-electron chi connectivity index (χ3n) is 4.97. The van der Waals surface area contributed by atoms with Gasteiger partial charge in [-0.3, -0.25) is 9.59 Å². The first-order valence-corrected chi connectivity index (χ1v) is 9.99. The van der Waals surface area contributed by atoms with Crippen molar-refractivity contribution in [1.82, 2.24) is 9.78 Å². The Labute approximate surface area is 184 Å². The third kappa shape index (κ3) is 4.26. The normalized spacial score (nSPS) is 14.8. The van der Waals surface area contributed by atoms with E-state index in [2.05, 4.69) is 15.7 Å². The van der Waals surface area contributed by atoms with Crippen molar-refractivity contribution in [2.45, 2.75) is 19.1 Å². The van der Waals surface area contributed by atoms with E-state index in [0.717, 1.165) is 16.9 Å². The van der Waals surface area contributed by atoms with Gasteiger partial charge in [-0.2, -0.15) is 5.10 Å². The molecule has 2 heterocycles. The molecule has 0 aliphatic carbocycles. The number of benzene rings is 2. The monoisotopic (exact) mass is 440 g/mol. The van der Waals surface area contributed by atoms with Crippen LogP contribution in [0, 0.1) is 0 Å². The molecule has 1 aliphatic rings. The molecule has 2 N–H and O–H groups in total. The van der Waals surface area contributed by atoms with Crippen molar-refractivity contribution in [2.24, 2.45) is 0 Å². The molecule has 2 aromatic carbocycles. The predicted molar refractivity (Wildman–Crippen MR) is 117 cm³/mol. The van der Waals surface area contributed by atoms with E-state index in [9.17, 15) is 9.59 Å². The fourth-order valence-electron chi connectivity index (χ4n) is 3.57. The summed E-state index contributed by atoms with van der Waals surface area (Å²) in [4.78, 5) is 25.2. The molecule has 0 saturated heterocycles. The molecule has 0 radical (unpaired) electrons. The number of methoxy groups -OCH3 is 2. The van der Waals surface area contributed by atoms with Crippen LogP contribution in [0.2, 0.25) is 5.02 Å². The minimum atomic E-state index is -0.767. The van der Waals surface area contributed by atoms with Crippen molar-refractivity contribution < 1.29 is 19.1 Å². The molecule has 31 heavy (non-hydrogen) atoms. The van der Waals surface area contributed by atoms with Gasteiger partial charge in [-0.15, -0.1) is 0 Å². The number of amides is 2. The van der Waals surface area contributed by atoms with Crippen LogP contribution in [0.3, 0.4) is 0 Å². The average Bonchev–Trinajstić information content (AvgIpc) is 3.23. The SMILES string of the molecule is COCc1nn2c(c1-c1ccc(OC)cc1)NC(=O)C2CC(=O)Nc1cccc(Cl)c1. The van der Waals surface area contributed by atoms with E-state index in [1.807, 2.05) is 24.3 Å². The highest BCUT2D eigenvalue weighted by molar-refractivity contribution is 6.30. The van der Waals surface area contributed by atoms with Crippen LogP contribution in [0.5, 0.6) is 5.75 Å². The van der Waals surface area contributed by atoms with E-state index in [1.165, 1.54) is 0 Å². The summed E-state index contributed by atoms with van der Waals surface area (Å²) in [5.41, 5.74) is 2.85. The summed E-state index contributed by atoms with van der Waals surface area (Å²) in [5, 5.41) is 10.7. The summed E-state index contributed by atoms with van der Waals surface area (Å²) in [6, 6.07) is 13.5. The molecular formula is C22H21ClN4O4. The second-order valence-electron chi connectivity index (χ2n) is 7.04. The molecule has 8 nitrogen and oxygen atoms in total. The highest BCUT2D eigenvalue weighted by Crippen LogP contribution is 2.39. The van der Waals surface area contributed by atoms with E-state index in [0.29, 0.717) is 22.2 Å². The number of hydrogen-bond acceptors (Lipinski definition) is 5. The minimum absolute atomic E-state index is 0.0680. The Morgan fingerprint density at radius 3 is 2.68 bits per heavy atom. The molecular weight excluding hydrogens is 420 g/mol. The highest BCUT2D eigenvalue weighted by atomic mass is 35.5. The van der Waals surface area contributed by atoms with Gasteiger partial charge in [0, 0.05) is 23.4 Å². The second-order valence-corrected chi connectivity index (χ2v) is 7.48. The van der Waals surface area contributed by atoms with Gasteiger partial charge in [-0.25, -0.2) is 4.68 Å². The number of nitrogens with zero attached hydrogens (tertiary/aromatic N) is 2. The van der Waals surface area contributed by atoms with Gasteiger partial charge in [-0.1, -0.05) is 29.8 Å². The first kappa shape index (κ1) is 20.9. The quantitative estimate of drug-likeness (QED) is 0.581. The van der Waals surface area contributed by atoms with Gasteiger partial charge in [0.15, 0.2) is 0 Å². The lowest BCUT2D eigenvalue weighted by molar-refractivity contribution is -0.123. The van der Waals surface area contributed by atoms with Crippen molar-refractivity contribution in [3.05, 3.63) is 59.2 Å². The van der Waals surface area contributed by atoms with Crippen molar-refractivity contribution in [1.29, 1.82) is 0 Å². The first-order chi connectivity index (χ1) is 15.0. The summed E-state index contributed by atoms with van der Waals surface area (Å²) < 4.78 is 12.1. The zero-order chi connectivity index (χ0) is 22.0. The summed E-state index contributed by atoms with van der Waals surface area (Å²) >= 11 is 5.97. The van der Waals surface area contributed by atoms with Crippen LogP contribution in [-0.2, 0) is 20.9 Å². The number of halogens is 1. The molecule has 1 atom stereocenters. The lowest BCUT2D eigenvalue weighted by Gasteiger charge is -2.10.